The van der Waals surface area contributed by atoms with Crippen molar-refractivity contribution in [2.45, 2.75) is 39.3 Å². The molecule has 21 heavy (non-hydrogen) atoms. The van der Waals surface area contributed by atoms with Crippen LogP contribution in [0, 0.1) is 5.92 Å². The maximum atomic E-state index is 12.9. The van der Waals surface area contributed by atoms with E-state index in [1.54, 1.807) is 19.9 Å². The van der Waals surface area contributed by atoms with E-state index in [9.17, 15) is 8.42 Å². The van der Waals surface area contributed by atoms with E-state index in [1.165, 1.54) is 0 Å². The van der Waals surface area contributed by atoms with Gasteiger partial charge in [0.2, 0.25) is 0 Å². The van der Waals surface area contributed by atoms with Crippen molar-refractivity contribution in [3.8, 4) is 0 Å². The van der Waals surface area contributed by atoms with Crippen molar-refractivity contribution in [1.29, 1.82) is 0 Å². The van der Waals surface area contributed by atoms with E-state index in [1.807, 2.05) is 31.4 Å². The lowest BCUT2D eigenvalue weighted by Crippen LogP contribution is -2.49. The largest absolute Gasteiger partial charge is 0.330 e. The van der Waals surface area contributed by atoms with E-state index in [-0.39, 0.29) is 6.04 Å². The van der Waals surface area contributed by atoms with Crippen LogP contribution in [0.15, 0.2) is 17.5 Å². The molecule has 0 aliphatic carbocycles. The van der Waals surface area contributed by atoms with Crippen molar-refractivity contribution in [2.24, 2.45) is 11.7 Å². The van der Waals surface area contributed by atoms with Gasteiger partial charge in [0, 0.05) is 30.6 Å². The summed E-state index contributed by atoms with van der Waals surface area (Å²) in [4.78, 5) is 1.07. The SMILES string of the molecule is CC(C)N(Cc1cccs1)S(=O)(=O)N1CCC(CN)CC1. The highest BCUT2D eigenvalue weighted by molar-refractivity contribution is 7.86. The second kappa shape index (κ2) is 7.19. The maximum Gasteiger partial charge on any atom is 0.282 e. The molecule has 7 heteroatoms. The molecule has 0 radical (unpaired) electrons. The number of nitrogens with two attached hydrogens (primary N) is 1. The predicted molar refractivity (Wildman–Crippen MR) is 87.3 cm³/mol. The summed E-state index contributed by atoms with van der Waals surface area (Å²) >= 11 is 1.59. The zero-order valence-corrected chi connectivity index (χ0v) is 14.4. The summed E-state index contributed by atoms with van der Waals surface area (Å²) < 4.78 is 29.0. The number of hydrogen-bond donors (Lipinski definition) is 1. The Morgan fingerprint density at radius 2 is 2.10 bits per heavy atom. The van der Waals surface area contributed by atoms with Gasteiger partial charge in [-0.15, -0.1) is 11.3 Å². The van der Waals surface area contributed by atoms with E-state index in [0.29, 0.717) is 32.1 Å². The van der Waals surface area contributed by atoms with Crippen LogP contribution < -0.4 is 5.73 Å². The molecular formula is C14H25N3O2S2. The van der Waals surface area contributed by atoms with Gasteiger partial charge >= 0.3 is 0 Å². The van der Waals surface area contributed by atoms with Gasteiger partial charge in [-0.25, -0.2) is 0 Å². The third-order valence-electron chi connectivity index (χ3n) is 4.00. The molecule has 1 aliphatic rings. The molecule has 1 fully saturated rings. The summed E-state index contributed by atoms with van der Waals surface area (Å²) in [7, 11) is -3.40. The van der Waals surface area contributed by atoms with Crippen LogP contribution in [0.5, 0.6) is 0 Å². The quantitative estimate of drug-likeness (QED) is 0.865. The highest BCUT2D eigenvalue weighted by atomic mass is 32.2. The first-order valence-corrected chi connectivity index (χ1v) is 9.72. The molecule has 1 aromatic heterocycles. The van der Waals surface area contributed by atoms with E-state index >= 15 is 0 Å². The molecule has 0 bridgehead atoms. The Kier molecular flexibility index (Phi) is 5.79. The Morgan fingerprint density at radius 3 is 2.57 bits per heavy atom. The predicted octanol–water partition coefficient (Wildman–Crippen LogP) is 1.87. The number of nitrogens with zero attached hydrogens (tertiary/aromatic N) is 2. The lowest BCUT2D eigenvalue weighted by atomic mass is 9.99. The van der Waals surface area contributed by atoms with Crippen molar-refractivity contribution in [3.63, 3.8) is 0 Å². The number of hydrogen-bond acceptors (Lipinski definition) is 4. The molecule has 0 atom stereocenters. The summed E-state index contributed by atoms with van der Waals surface area (Å²) in [6.07, 6.45) is 1.72. The van der Waals surface area contributed by atoms with Crippen molar-refractivity contribution >= 4 is 21.5 Å². The Bertz CT molecular complexity index is 520. The molecule has 1 aromatic rings. The van der Waals surface area contributed by atoms with Crippen LogP contribution in [0.1, 0.15) is 31.6 Å². The third-order valence-corrected chi connectivity index (χ3v) is 7.02. The Labute approximate surface area is 131 Å². The summed E-state index contributed by atoms with van der Waals surface area (Å²) in [5, 5.41) is 1.98. The van der Waals surface area contributed by atoms with Gasteiger partial charge in [-0.3, -0.25) is 0 Å². The van der Waals surface area contributed by atoms with Crippen molar-refractivity contribution in [3.05, 3.63) is 22.4 Å². The lowest BCUT2D eigenvalue weighted by molar-refractivity contribution is 0.245. The minimum Gasteiger partial charge on any atom is -0.330 e. The topological polar surface area (TPSA) is 66.6 Å². The van der Waals surface area contributed by atoms with Crippen molar-refractivity contribution < 1.29 is 8.42 Å². The molecule has 0 saturated carbocycles. The molecule has 1 aliphatic heterocycles. The molecule has 2 heterocycles. The molecule has 2 N–H and O–H groups in total. The second-order valence-electron chi connectivity index (χ2n) is 5.80. The summed E-state index contributed by atoms with van der Waals surface area (Å²) in [6, 6.07) is 3.89. The fourth-order valence-electron chi connectivity index (χ4n) is 2.61. The fourth-order valence-corrected chi connectivity index (χ4v) is 5.20. The lowest BCUT2D eigenvalue weighted by Gasteiger charge is -2.36. The molecule has 0 unspecified atom stereocenters. The smallest absolute Gasteiger partial charge is 0.282 e. The molecular weight excluding hydrogens is 306 g/mol. The van der Waals surface area contributed by atoms with Crippen LogP contribution in [0.25, 0.3) is 0 Å². The molecule has 0 spiro atoms. The Morgan fingerprint density at radius 1 is 1.43 bits per heavy atom. The van der Waals surface area contributed by atoms with Gasteiger partial charge in [-0.2, -0.15) is 17.0 Å². The van der Waals surface area contributed by atoms with Crippen LogP contribution in [-0.4, -0.2) is 42.7 Å². The van der Waals surface area contributed by atoms with Gasteiger partial charge in [0.15, 0.2) is 0 Å². The highest BCUT2D eigenvalue weighted by Crippen LogP contribution is 2.24. The van der Waals surface area contributed by atoms with E-state index < -0.39 is 10.2 Å². The first kappa shape index (κ1) is 16.9. The first-order chi connectivity index (χ1) is 9.95. The van der Waals surface area contributed by atoms with Gasteiger partial charge in [0.05, 0.1) is 0 Å². The van der Waals surface area contributed by atoms with Crippen LogP contribution in [-0.2, 0) is 16.8 Å². The minimum absolute atomic E-state index is 0.0515. The van der Waals surface area contributed by atoms with E-state index in [4.69, 9.17) is 5.73 Å². The van der Waals surface area contributed by atoms with E-state index in [0.717, 1.165) is 17.7 Å². The zero-order valence-electron chi connectivity index (χ0n) is 12.7. The zero-order chi connectivity index (χ0) is 15.5. The molecule has 120 valence electrons. The number of piperidine rings is 1. The van der Waals surface area contributed by atoms with E-state index in [2.05, 4.69) is 0 Å². The number of rotatable bonds is 6. The number of thiophene rings is 1. The Balaban J connectivity index is 2.11. The van der Waals surface area contributed by atoms with Gasteiger partial charge < -0.3 is 5.73 Å². The van der Waals surface area contributed by atoms with Crippen LogP contribution in [0.4, 0.5) is 0 Å². The Hall–Kier alpha value is -0.470. The standard InChI is InChI=1S/C14H25N3O2S2/c1-12(2)17(11-14-4-3-9-20-14)21(18,19)16-7-5-13(10-15)6-8-16/h3-4,9,12-13H,5-8,10-11,15H2,1-2H3. The van der Waals surface area contributed by atoms with Crippen molar-refractivity contribution in [2.75, 3.05) is 19.6 Å². The molecule has 0 aromatic carbocycles. The van der Waals surface area contributed by atoms with Gasteiger partial charge in [0.25, 0.3) is 10.2 Å². The first-order valence-electron chi connectivity index (χ1n) is 7.44. The summed E-state index contributed by atoms with van der Waals surface area (Å²) in [5.41, 5.74) is 5.68. The average Bonchev–Trinajstić information content (AvgIpc) is 2.97. The van der Waals surface area contributed by atoms with Gasteiger partial charge in [-0.1, -0.05) is 6.07 Å². The maximum absolute atomic E-state index is 12.9. The monoisotopic (exact) mass is 331 g/mol. The van der Waals surface area contributed by atoms with Gasteiger partial charge in [-0.05, 0) is 50.6 Å². The third kappa shape index (κ3) is 4.04. The normalized spacial score (nSPS) is 18.7. The second-order valence-corrected chi connectivity index (χ2v) is 8.72. The van der Waals surface area contributed by atoms with Crippen LogP contribution >= 0.6 is 11.3 Å². The highest BCUT2D eigenvalue weighted by Gasteiger charge is 2.34. The minimum atomic E-state index is -3.40. The van der Waals surface area contributed by atoms with Crippen LogP contribution in [0.3, 0.4) is 0 Å². The fraction of sp³-hybridized carbons (Fsp3) is 0.714. The molecule has 5 nitrogen and oxygen atoms in total. The average molecular weight is 332 g/mol. The molecule has 2 rings (SSSR count). The van der Waals surface area contributed by atoms with Gasteiger partial charge in [0.1, 0.15) is 0 Å². The van der Waals surface area contributed by atoms with Crippen LogP contribution in [0.2, 0.25) is 0 Å². The molecule has 1 saturated heterocycles. The molecule has 0 amide bonds. The summed E-state index contributed by atoms with van der Waals surface area (Å²) in [6.45, 7) is 6.12. The summed E-state index contributed by atoms with van der Waals surface area (Å²) in [5.74, 6) is 0.459. The van der Waals surface area contributed by atoms with Crippen molar-refractivity contribution in [1.82, 2.24) is 8.61 Å².